The van der Waals surface area contributed by atoms with Crippen molar-refractivity contribution in [2.45, 2.75) is 79.1 Å². The summed E-state index contributed by atoms with van der Waals surface area (Å²) in [5.74, 6) is 1.63. The van der Waals surface area contributed by atoms with Crippen LogP contribution in [-0.2, 0) is 18.6 Å². The molecule has 3 heterocycles. The minimum absolute atomic E-state index is 0.0766. The molecule has 8 nitrogen and oxygen atoms in total. The summed E-state index contributed by atoms with van der Waals surface area (Å²) in [6.07, 6.45) is 3.35. The zero-order chi connectivity index (χ0) is 24.5. The summed E-state index contributed by atoms with van der Waals surface area (Å²) in [6.45, 7) is 13.6. The largest absolute Gasteiger partial charge is 0.468 e. The Balaban J connectivity index is 1.78. The van der Waals surface area contributed by atoms with Gasteiger partial charge in [-0.15, -0.1) is 5.10 Å². The number of nitrogens with one attached hydrogen (secondary N) is 1. The molecule has 1 aromatic carbocycles. The maximum atomic E-state index is 13.1. The molecule has 0 fully saturated rings. The number of aromatic amines is 1. The molecular formula is C26H34N6O2. The molecule has 0 spiro atoms. The lowest BCUT2D eigenvalue weighted by Crippen LogP contribution is -2.36. The predicted octanol–water partition coefficient (Wildman–Crippen LogP) is 5.02. The summed E-state index contributed by atoms with van der Waals surface area (Å²) in [4.78, 5) is 18.5. The van der Waals surface area contributed by atoms with E-state index in [2.05, 4.69) is 72.2 Å². The highest BCUT2D eigenvalue weighted by Gasteiger charge is 2.31. The standard InChI is InChI=1S/C26H34N6O2/c1-7-22(24-28-29-30-32(24)26(5,6)8-2)31(16-21-10-9-11-34-21)15-20-14-19-13-17(3)12-18(4)23(19)27-25(20)33/h9-14,22H,7-8,15-16H2,1-6H3,(H,27,33)/t22-/m1/s1. The predicted molar refractivity (Wildman–Crippen MR) is 132 cm³/mol. The zero-order valence-electron chi connectivity index (χ0n) is 20.9. The lowest BCUT2D eigenvalue weighted by Gasteiger charge is -2.32. The SMILES string of the molecule is CC[C@H](c1nnnn1C(C)(C)CC)N(Cc1ccco1)Cc1cc2cc(C)cc(C)c2[nH]c1=O. The van der Waals surface area contributed by atoms with E-state index in [9.17, 15) is 4.79 Å². The number of hydrogen-bond acceptors (Lipinski definition) is 6. The van der Waals surface area contributed by atoms with Gasteiger partial charge < -0.3 is 9.40 Å². The molecule has 0 radical (unpaired) electrons. The van der Waals surface area contributed by atoms with Gasteiger partial charge in [0.05, 0.1) is 29.9 Å². The van der Waals surface area contributed by atoms with E-state index in [0.717, 1.165) is 40.9 Å². The van der Waals surface area contributed by atoms with Crippen molar-refractivity contribution in [1.29, 1.82) is 0 Å². The Labute approximate surface area is 200 Å². The van der Waals surface area contributed by atoms with Crippen molar-refractivity contribution < 1.29 is 4.42 Å². The number of fused-ring (bicyclic) bond motifs is 1. The fourth-order valence-corrected chi connectivity index (χ4v) is 4.53. The average Bonchev–Trinajstić information content (AvgIpc) is 3.48. The summed E-state index contributed by atoms with van der Waals surface area (Å²) in [5, 5.41) is 13.8. The molecule has 8 heteroatoms. The Hall–Kier alpha value is -3.26. The fourth-order valence-electron chi connectivity index (χ4n) is 4.53. The van der Waals surface area contributed by atoms with E-state index in [1.807, 2.05) is 29.8 Å². The second kappa shape index (κ2) is 9.54. The molecule has 3 aromatic heterocycles. The Morgan fingerprint density at radius 3 is 2.65 bits per heavy atom. The van der Waals surface area contributed by atoms with Crippen LogP contribution in [0.5, 0.6) is 0 Å². The van der Waals surface area contributed by atoms with Gasteiger partial charge >= 0.3 is 0 Å². The van der Waals surface area contributed by atoms with Crippen molar-refractivity contribution in [3.63, 3.8) is 0 Å². The van der Waals surface area contributed by atoms with Crippen molar-refractivity contribution >= 4 is 10.9 Å². The van der Waals surface area contributed by atoms with Gasteiger partial charge in [-0.1, -0.05) is 25.5 Å². The maximum absolute atomic E-state index is 13.1. The quantitative estimate of drug-likeness (QED) is 0.375. The number of aryl methyl sites for hydroxylation is 2. The molecule has 34 heavy (non-hydrogen) atoms. The van der Waals surface area contributed by atoms with Crippen LogP contribution in [0, 0.1) is 13.8 Å². The Bertz CT molecular complexity index is 1320. The van der Waals surface area contributed by atoms with Crippen LogP contribution < -0.4 is 5.56 Å². The summed E-state index contributed by atoms with van der Waals surface area (Å²) in [5.41, 5.74) is 3.53. The normalized spacial score (nSPS) is 13.1. The van der Waals surface area contributed by atoms with Gasteiger partial charge in [0, 0.05) is 12.1 Å². The topological polar surface area (TPSA) is 92.8 Å². The molecule has 0 saturated carbocycles. The van der Waals surface area contributed by atoms with E-state index in [4.69, 9.17) is 4.42 Å². The zero-order valence-corrected chi connectivity index (χ0v) is 20.9. The van der Waals surface area contributed by atoms with E-state index < -0.39 is 0 Å². The number of nitrogens with zero attached hydrogens (tertiary/aromatic N) is 5. The van der Waals surface area contributed by atoms with Crippen molar-refractivity contribution in [1.82, 2.24) is 30.1 Å². The molecule has 0 saturated heterocycles. The number of pyridine rings is 1. The third kappa shape index (κ3) is 4.68. The maximum Gasteiger partial charge on any atom is 0.252 e. The molecule has 0 amide bonds. The number of furan rings is 1. The summed E-state index contributed by atoms with van der Waals surface area (Å²) in [6, 6.07) is 9.95. The second-order valence-corrected chi connectivity index (χ2v) is 9.69. The third-order valence-electron chi connectivity index (χ3n) is 6.74. The highest BCUT2D eigenvalue weighted by molar-refractivity contribution is 5.82. The number of aromatic nitrogens is 5. The first kappa shape index (κ1) is 23.9. The van der Waals surface area contributed by atoms with Crippen molar-refractivity contribution in [3.8, 4) is 0 Å². The van der Waals surface area contributed by atoms with Crippen LogP contribution in [0.2, 0.25) is 0 Å². The third-order valence-corrected chi connectivity index (χ3v) is 6.74. The number of rotatable bonds is 9. The smallest absolute Gasteiger partial charge is 0.252 e. The highest BCUT2D eigenvalue weighted by atomic mass is 16.3. The van der Waals surface area contributed by atoms with E-state index in [1.54, 1.807) is 6.26 Å². The van der Waals surface area contributed by atoms with Crippen LogP contribution in [0.4, 0.5) is 0 Å². The van der Waals surface area contributed by atoms with Gasteiger partial charge in [0.25, 0.3) is 5.56 Å². The van der Waals surface area contributed by atoms with Gasteiger partial charge in [-0.05, 0) is 86.2 Å². The van der Waals surface area contributed by atoms with Gasteiger partial charge in [-0.2, -0.15) is 0 Å². The lowest BCUT2D eigenvalue weighted by atomic mass is 10.0. The molecule has 0 aliphatic heterocycles. The van der Waals surface area contributed by atoms with Crippen LogP contribution in [0.3, 0.4) is 0 Å². The molecule has 0 bridgehead atoms. The molecule has 1 N–H and O–H groups in total. The van der Waals surface area contributed by atoms with E-state index in [0.29, 0.717) is 18.7 Å². The van der Waals surface area contributed by atoms with Gasteiger partial charge in [0.2, 0.25) is 0 Å². The van der Waals surface area contributed by atoms with Crippen LogP contribution >= 0.6 is 0 Å². The Kier molecular flexibility index (Phi) is 6.70. The summed E-state index contributed by atoms with van der Waals surface area (Å²) in [7, 11) is 0. The number of H-pyrrole nitrogens is 1. The molecule has 0 unspecified atom stereocenters. The van der Waals surface area contributed by atoms with Crippen LogP contribution in [0.15, 0.2) is 45.8 Å². The minimum atomic E-state index is -0.224. The molecule has 180 valence electrons. The molecule has 4 rings (SSSR count). The first-order valence-electron chi connectivity index (χ1n) is 11.9. The molecule has 0 aliphatic rings. The highest BCUT2D eigenvalue weighted by Crippen LogP contribution is 2.30. The van der Waals surface area contributed by atoms with E-state index in [1.165, 1.54) is 5.56 Å². The number of benzene rings is 1. The van der Waals surface area contributed by atoms with E-state index >= 15 is 0 Å². The minimum Gasteiger partial charge on any atom is -0.468 e. The van der Waals surface area contributed by atoms with Crippen molar-refractivity contribution in [2.75, 3.05) is 0 Å². The van der Waals surface area contributed by atoms with Gasteiger partial charge in [0.15, 0.2) is 5.82 Å². The summed E-state index contributed by atoms with van der Waals surface area (Å²) < 4.78 is 7.60. The van der Waals surface area contributed by atoms with Crippen LogP contribution in [0.25, 0.3) is 10.9 Å². The Morgan fingerprint density at radius 2 is 1.97 bits per heavy atom. The molecule has 1 atom stereocenters. The van der Waals surface area contributed by atoms with Crippen molar-refractivity contribution in [2.24, 2.45) is 0 Å². The summed E-state index contributed by atoms with van der Waals surface area (Å²) >= 11 is 0. The van der Waals surface area contributed by atoms with E-state index in [-0.39, 0.29) is 17.1 Å². The van der Waals surface area contributed by atoms with Crippen molar-refractivity contribution in [3.05, 3.63) is 75.2 Å². The molecular weight excluding hydrogens is 428 g/mol. The molecule has 0 aliphatic carbocycles. The average molecular weight is 463 g/mol. The fraction of sp³-hybridized carbons (Fsp3) is 0.462. The number of hydrogen-bond donors (Lipinski definition) is 1. The Morgan fingerprint density at radius 1 is 1.18 bits per heavy atom. The van der Waals surface area contributed by atoms with Gasteiger partial charge in [0.1, 0.15) is 5.76 Å². The van der Waals surface area contributed by atoms with Gasteiger partial charge in [-0.25, -0.2) is 4.68 Å². The first-order chi connectivity index (χ1) is 16.2. The van der Waals surface area contributed by atoms with Crippen LogP contribution in [-0.4, -0.2) is 30.1 Å². The lowest BCUT2D eigenvalue weighted by molar-refractivity contribution is 0.140. The second-order valence-electron chi connectivity index (χ2n) is 9.69. The van der Waals surface area contributed by atoms with Crippen LogP contribution in [0.1, 0.15) is 74.9 Å². The first-order valence-corrected chi connectivity index (χ1v) is 11.9. The molecule has 4 aromatic rings. The monoisotopic (exact) mass is 462 g/mol. The van der Waals surface area contributed by atoms with Gasteiger partial charge in [-0.3, -0.25) is 9.69 Å². The number of tetrazole rings is 1.